The average molecular weight is 229 g/mol. The van der Waals surface area contributed by atoms with E-state index >= 15 is 0 Å². The highest BCUT2D eigenvalue weighted by Gasteiger charge is 2.56. The number of nitrogens with one attached hydrogen (secondary N) is 1. The number of fused-ring (bicyclic) bond motifs is 3. The van der Waals surface area contributed by atoms with Crippen LogP contribution in [0, 0.1) is 0 Å². The van der Waals surface area contributed by atoms with Gasteiger partial charge in [0.05, 0.1) is 11.8 Å². The summed E-state index contributed by atoms with van der Waals surface area (Å²) in [6, 6.07) is 5.14. The van der Waals surface area contributed by atoms with Crippen molar-refractivity contribution >= 4 is 5.71 Å². The summed E-state index contributed by atoms with van der Waals surface area (Å²) < 4.78 is 0. The van der Waals surface area contributed by atoms with Crippen LogP contribution in [0.3, 0.4) is 0 Å². The quantitative estimate of drug-likeness (QED) is 0.793. The fraction of sp³-hybridized carbons (Fsp3) is 0.538. The second-order valence-electron chi connectivity index (χ2n) is 5.30. The van der Waals surface area contributed by atoms with Gasteiger partial charge in [0.1, 0.15) is 0 Å². The van der Waals surface area contributed by atoms with Gasteiger partial charge in [0.15, 0.2) is 5.60 Å². The summed E-state index contributed by atoms with van der Waals surface area (Å²) in [6.07, 6.45) is 8.18. The van der Waals surface area contributed by atoms with Crippen molar-refractivity contribution < 1.29 is 4.84 Å². The third-order valence-electron chi connectivity index (χ3n) is 4.29. The molecule has 4 rings (SSSR count). The molecule has 17 heavy (non-hydrogen) atoms. The van der Waals surface area contributed by atoms with E-state index in [4.69, 9.17) is 4.84 Å². The van der Waals surface area contributed by atoms with E-state index in [2.05, 4.69) is 15.5 Å². The largest absolute Gasteiger partial charge is 0.387 e. The minimum absolute atomic E-state index is 0.0540. The molecular formula is C13H15N3O. The summed E-state index contributed by atoms with van der Waals surface area (Å²) in [4.78, 5) is 9.84. The minimum Gasteiger partial charge on any atom is -0.387 e. The van der Waals surface area contributed by atoms with E-state index in [1.165, 1.54) is 12.8 Å². The van der Waals surface area contributed by atoms with Crippen molar-refractivity contribution in [3.8, 4) is 0 Å². The van der Waals surface area contributed by atoms with Crippen molar-refractivity contribution in [3.05, 3.63) is 30.1 Å². The van der Waals surface area contributed by atoms with Crippen molar-refractivity contribution in [2.45, 2.75) is 43.4 Å². The normalized spacial score (nSPS) is 38.5. The van der Waals surface area contributed by atoms with Gasteiger partial charge in [-0.15, -0.1) is 0 Å². The molecule has 1 aromatic rings. The van der Waals surface area contributed by atoms with Crippen molar-refractivity contribution in [1.82, 2.24) is 10.3 Å². The number of aromatic nitrogens is 1. The number of hydrogen-bond donors (Lipinski definition) is 1. The monoisotopic (exact) mass is 229 g/mol. The van der Waals surface area contributed by atoms with Gasteiger partial charge in [0.2, 0.25) is 0 Å². The van der Waals surface area contributed by atoms with Gasteiger partial charge in [0.25, 0.3) is 0 Å². The van der Waals surface area contributed by atoms with Crippen LogP contribution in [0.5, 0.6) is 0 Å². The molecule has 4 heterocycles. The van der Waals surface area contributed by atoms with Crippen LogP contribution >= 0.6 is 0 Å². The van der Waals surface area contributed by atoms with Crippen LogP contribution in [0.15, 0.2) is 29.7 Å². The molecule has 1 N–H and O–H groups in total. The summed E-state index contributed by atoms with van der Waals surface area (Å²) in [6.45, 7) is 0. The number of hydrogen-bond acceptors (Lipinski definition) is 4. The first-order valence-corrected chi connectivity index (χ1v) is 6.27. The highest BCUT2D eigenvalue weighted by molar-refractivity contribution is 6.01. The van der Waals surface area contributed by atoms with Gasteiger partial charge in [-0.1, -0.05) is 5.16 Å². The Kier molecular flexibility index (Phi) is 1.86. The molecule has 1 aromatic heterocycles. The van der Waals surface area contributed by atoms with Crippen LogP contribution in [-0.2, 0) is 4.84 Å². The molecule has 3 aliphatic rings. The van der Waals surface area contributed by atoms with Crippen LogP contribution in [0.25, 0.3) is 0 Å². The van der Waals surface area contributed by atoms with Crippen molar-refractivity contribution in [3.63, 3.8) is 0 Å². The maximum Gasteiger partial charge on any atom is 0.160 e. The Morgan fingerprint density at radius 1 is 1.29 bits per heavy atom. The zero-order chi connectivity index (χ0) is 11.3. The van der Waals surface area contributed by atoms with Crippen LogP contribution in [0.2, 0.25) is 0 Å². The first-order chi connectivity index (χ1) is 8.36. The van der Waals surface area contributed by atoms with Crippen molar-refractivity contribution in [2.24, 2.45) is 5.16 Å². The number of rotatable bonds is 1. The van der Waals surface area contributed by atoms with E-state index in [0.29, 0.717) is 12.1 Å². The van der Waals surface area contributed by atoms with E-state index < -0.39 is 0 Å². The molecule has 0 unspecified atom stereocenters. The Morgan fingerprint density at radius 3 is 2.88 bits per heavy atom. The maximum atomic E-state index is 5.81. The van der Waals surface area contributed by atoms with Gasteiger partial charge in [-0.3, -0.25) is 4.98 Å². The zero-order valence-electron chi connectivity index (χ0n) is 9.60. The van der Waals surface area contributed by atoms with Crippen LogP contribution in [0.4, 0.5) is 0 Å². The zero-order valence-corrected chi connectivity index (χ0v) is 9.60. The summed E-state index contributed by atoms with van der Waals surface area (Å²) in [7, 11) is 0. The molecule has 88 valence electrons. The highest BCUT2D eigenvalue weighted by Crippen LogP contribution is 2.44. The fourth-order valence-electron chi connectivity index (χ4n) is 3.44. The molecule has 0 saturated carbocycles. The van der Waals surface area contributed by atoms with Gasteiger partial charge in [-0.25, -0.2) is 0 Å². The highest BCUT2D eigenvalue weighted by atomic mass is 16.7. The predicted molar refractivity (Wildman–Crippen MR) is 63.8 cm³/mol. The van der Waals surface area contributed by atoms with E-state index in [1.54, 1.807) is 0 Å². The predicted octanol–water partition coefficient (Wildman–Crippen LogP) is 1.47. The van der Waals surface area contributed by atoms with Gasteiger partial charge < -0.3 is 10.2 Å². The lowest BCUT2D eigenvalue weighted by atomic mass is 9.80. The molecule has 2 saturated heterocycles. The molecule has 0 radical (unpaired) electrons. The van der Waals surface area contributed by atoms with Gasteiger partial charge in [-0.2, -0.15) is 0 Å². The Hall–Kier alpha value is -1.42. The first-order valence-electron chi connectivity index (χ1n) is 6.27. The van der Waals surface area contributed by atoms with Crippen LogP contribution in [-0.4, -0.2) is 28.4 Å². The minimum atomic E-state index is -0.0540. The van der Waals surface area contributed by atoms with Crippen molar-refractivity contribution in [2.75, 3.05) is 0 Å². The van der Waals surface area contributed by atoms with E-state index in [9.17, 15) is 0 Å². The van der Waals surface area contributed by atoms with Crippen molar-refractivity contribution in [1.29, 1.82) is 0 Å². The third kappa shape index (κ3) is 1.33. The molecular weight excluding hydrogens is 214 g/mol. The Morgan fingerprint density at radius 2 is 2.18 bits per heavy atom. The molecule has 2 fully saturated rings. The molecule has 0 aromatic carbocycles. The molecule has 1 spiro atoms. The lowest BCUT2D eigenvalue weighted by Gasteiger charge is -2.29. The first kappa shape index (κ1) is 9.59. The topological polar surface area (TPSA) is 46.5 Å². The molecule has 3 aliphatic heterocycles. The number of oxime groups is 1. The second kappa shape index (κ2) is 3.29. The Balaban J connectivity index is 1.60. The Bertz CT molecular complexity index is 473. The van der Waals surface area contributed by atoms with E-state index in [1.807, 2.05) is 24.5 Å². The fourth-order valence-corrected chi connectivity index (χ4v) is 3.44. The third-order valence-corrected chi connectivity index (χ3v) is 4.29. The maximum absolute atomic E-state index is 5.81. The van der Waals surface area contributed by atoms with Crippen LogP contribution < -0.4 is 5.32 Å². The molecule has 4 heteroatoms. The van der Waals surface area contributed by atoms with E-state index in [-0.39, 0.29) is 5.60 Å². The van der Waals surface area contributed by atoms with Crippen LogP contribution in [0.1, 0.15) is 31.2 Å². The Labute approximate surface area is 100 Å². The van der Waals surface area contributed by atoms with Gasteiger partial charge in [-0.05, 0) is 25.0 Å². The lowest BCUT2D eigenvalue weighted by molar-refractivity contribution is -0.0358. The lowest BCUT2D eigenvalue weighted by Crippen LogP contribution is -2.42. The summed E-state index contributed by atoms with van der Waals surface area (Å²) in [5, 5.41) is 7.93. The summed E-state index contributed by atoms with van der Waals surface area (Å²) in [5.74, 6) is 0. The van der Waals surface area contributed by atoms with Gasteiger partial charge >= 0.3 is 0 Å². The number of pyridine rings is 1. The summed E-state index contributed by atoms with van der Waals surface area (Å²) in [5.41, 5.74) is 2.16. The van der Waals surface area contributed by atoms with Gasteiger partial charge in [0, 0.05) is 36.8 Å². The summed E-state index contributed by atoms with van der Waals surface area (Å²) >= 11 is 0. The van der Waals surface area contributed by atoms with E-state index in [0.717, 1.165) is 24.1 Å². The second-order valence-corrected chi connectivity index (χ2v) is 5.30. The SMILES string of the molecule is c1cc(C2=NO[C@@]3(C2)C[C@@H]2CC[C@H]3N2)ccn1. The molecule has 0 aliphatic carbocycles. The molecule has 4 nitrogen and oxygen atoms in total. The smallest absolute Gasteiger partial charge is 0.160 e. The molecule has 3 atom stereocenters. The standard InChI is InChI=1S/C13H15N3O/c1-2-12-13(7-10(1)15-12)8-11(16-17-13)9-3-5-14-6-4-9/h3-6,10,12,15H,1-2,7-8H2/t10-,12+,13+/m0/s1. The average Bonchev–Trinajstić information content (AvgIpc) is 3.06. The number of nitrogens with zero attached hydrogens (tertiary/aromatic N) is 2. The molecule has 0 amide bonds. The molecule has 2 bridgehead atoms.